The van der Waals surface area contributed by atoms with Crippen molar-refractivity contribution >= 4 is 24.2 Å². The average Bonchev–Trinajstić information content (AvgIpc) is 2.73. The average molecular weight is 522 g/mol. The van der Waals surface area contributed by atoms with Crippen LogP contribution in [0.25, 0.3) is 0 Å². The SMILES string of the molecule is CCCc1ccc(CN(C(=O)OC(C)(C)C)C(=NC(=O)OC(C)(C)C)N2CN(C)C(=O)N(C)C2)cc1F. The number of urea groups is 1. The number of hydrogen-bond acceptors (Lipinski definition) is 5. The summed E-state index contributed by atoms with van der Waals surface area (Å²) in [5.74, 6) is -0.454. The van der Waals surface area contributed by atoms with Crippen molar-refractivity contribution in [3.05, 3.63) is 35.1 Å². The highest BCUT2D eigenvalue weighted by Crippen LogP contribution is 2.20. The Morgan fingerprint density at radius 2 is 1.59 bits per heavy atom. The summed E-state index contributed by atoms with van der Waals surface area (Å²) in [5, 5.41) is 0. The molecular weight excluding hydrogens is 481 g/mol. The summed E-state index contributed by atoms with van der Waals surface area (Å²) in [6.45, 7) is 12.2. The van der Waals surface area contributed by atoms with Crippen LogP contribution in [-0.2, 0) is 22.4 Å². The second kappa shape index (κ2) is 11.8. The fourth-order valence-electron chi connectivity index (χ4n) is 3.64. The Bertz CT molecular complexity index is 1020. The Morgan fingerprint density at radius 1 is 1.03 bits per heavy atom. The van der Waals surface area contributed by atoms with Crippen molar-refractivity contribution in [1.29, 1.82) is 0 Å². The third-order valence-corrected chi connectivity index (χ3v) is 5.12. The Labute approximate surface area is 219 Å². The lowest BCUT2D eigenvalue weighted by Gasteiger charge is -2.42. The Morgan fingerprint density at radius 3 is 2.08 bits per heavy atom. The maximum Gasteiger partial charge on any atom is 0.437 e. The molecule has 11 heteroatoms. The van der Waals surface area contributed by atoms with Crippen molar-refractivity contribution in [1.82, 2.24) is 19.6 Å². The summed E-state index contributed by atoms with van der Waals surface area (Å²) in [7, 11) is 3.19. The second-order valence-corrected chi connectivity index (χ2v) is 11.1. The number of benzene rings is 1. The predicted molar refractivity (Wildman–Crippen MR) is 138 cm³/mol. The van der Waals surface area contributed by atoms with Crippen molar-refractivity contribution in [2.24, 2.45) is 4.99 Å². The molecule has 1 saturated heterocycles. The number of carbonyl (C=O) groups excluding carboxylic acids is 3. The van der Waals surface area contributed by atoms with Crippen molar-refractivity contribution in [2.45, 2.75) is 79.1 Å². The minimum absolute atomic E-state index is 0.0495. The molecule has 0 saturated carbocycles. The van der Waals surface area contributed by atoms with E-state index in [9.17, 15) is 18.8 Å². The van der Waals surface area contributed by atoms with E-state index in [4.69, 9.17) is 9.47 Å². The van der Waals surface area contributed by atoms with Gasteiger partial charge >= 0.3 is 18.2 Å². The standard InChI is InChI=1S/C26H40FN5O5/c1-10-11-19-13-12-18(14-20(19)27)15-32(24(35)37-26(5,6)7)21(28-22(33)36-25(2,3)4)31-16-29(8)23(34)30(9)17-31/h12-14H,10-11,15-17H2,1-9H3. The van der Waals surface area contributed by atoms with Gasteiger partial charge in [-0.05, 0) is 65.2 Å². The number of guanidine groups is 1. The minimum Gasteiger partial charge on any atom is -0.443 e. The first kappa shape index (κ1) is 29.9. The first-order valence-electron chi connectivity index (χ1n) is 12.3. The van der Waals surface area contributed by atoms with Crippen molar-refractivity contribution < 1.29 is 28.2 Å². The van der Waals surface area contributed by atoms with Crippen molar-refractivity contribution in [2.75, 3.05) is 27.4 Å². The van der Waals surface area contributed by atoms with Gasteiger partial charge in [-0.1, -0.05) is 25.5 Å². The molecule has 0 unspecified atom stereocenters. The number of rotatable bonds is 4. The summed E-state index contributed by atoms with van der Waals surface area (Å²) >= 11 is 0. The zero-order chi connectivity index (χ0) is 28.1. The van der Waals surface area contributed by atoms with Gasteiger partial charge in [0.15, 0.2) is 0 Å². The Kier molecular flexibility index (Phi) is 9.51. The molecule has 1 aliphatic rings. The van der Waals surface area contributed by atoms with Crippen LogP contribution in [0.3, 0.4) is 0 Å². The molecule has 206 valence electrons. The van der Waals surface area contributed by atoms with Gasteiger partial charge in [0.25, 0.3) is 0 Å². The molecule has 2 rings (SSSR count). The summed E-state index contributed by atoms with van der Waals surface area (Å²) in [4.78, 5) is 48.3. The zero-order valence-electron chi connectivity index (χ0n) is 23.4. The summed E-state index contributed by atoms with van der Waals surface area (Å²) < 4.78 is 25.8. The quantitative estimate of drug-likeness (QED) is 0.408. The molecule has 0 atom stereocenters. The number of ether oxygens (including phenoxy) is 2. The number of amides is 4. The van der Waals surface area contributed by atoms with Gasteiger partial charge in [0.2, 0.25) is 5.96 Å². The molecule has 1 fully saturated rings. The number of aliphatic imine (C=N–C) groups is 1. The largest absolute Gasteiger partial charge is 0.443 e. The summed E-state index contributed by atoms with van der Waals surface area (Å²) in [6, 6.07) is 4.55. The van der Waals surface area contributed by atoms with Crippen LogP contribution in [0.15, 0.2) is 23.2 Å². The van der Waals surface area contributed by atoms with Gasteiger partial charge in [0.05, 0.1) is 19.9 Å². The highest BCUT2D eigenvalue weighted by Gasteiger charge is 2.35. The predicted octanol–water partition coefficient (Wildman–Crippen LogP) is 5.02. The highest BCUT2D eigenvalue weighted by molar-refractivity contribution is 5.99. The summed E-state index contributed by atoms with van der Waals surface area (Å²) in [5.41, 5.74) is -0.620. The van der Waals surface area contributed by atoms with Crippen LogP contribution < -0.4 is 0 Å². The lowest BCUT2D eigenvalue weighted by Crippen LogP contribution is -2.60. The number of aryl methyl sites for hydroxylation is 1. The van der Waals surface area contributed by atoms with E-state index in [1.54, 1.807) is 72.7 Å². The van der Waals surface area contributed by atoms with Gasteiger partial charge < -0.3 is 24.2 Å². The minimum atomic E-state index is -0.914. The lowest BCUT2D eigenvalue weighted by atomic mass is 10.1. The number of halogens is 1. The second-order valence-electron chi connectivity index (χ2n) is 11.1. The van der Waals surface area contributed by atoms with Crippen molar-refractivity contribution in [3.8, 4) is 0 Å². The fourth-order valence-corrected chi connectivity index (χ4v) is 3.64. The van der Waals surface area contributed by atoms with Crippen LogP contribution in [0.5, 0.6) is 0 Å². The third-order valence-electron chi connectivity index (χ3n) is 5.12. The molecule has 0 aliphatic carbocycles. The highest BCUT2D eigenvalue weighted by atomic mass is 19.1. The maximum atomic E-state index is 14.8. The zero-order valence-corrected chi connectivity index (χ0v) is 23.4. The number of hydrogen-bond donors (Lipinski definition) is 0. The number of nitrogens with zero attached hydrogens (tertiary/aromatic N) is 5. The van der Waals surface area contributed by atoms with E-state index in [1.165, 1.54) is 20.8 Å². The molecule has 37 heavy (non-hydrogen) atoms. The van der Waals surface area contributed by atoms with Gasteiger partial charge in [-0.15, -0.1) is 4.99 Å². The molecule has 10 nitrogen and oxygen atoms in total. The Balaban J connectivity index is 2.58. The monoisotopic (exact) mass is 521 g/mol. The summed E-state index contributed by atoms with van der Waals surface area (Å²) in [6.07, 6.45) is -0.312. The van der Waals surface area contributed by atoms with Gasteiger partial charge in [-0.3, -0.25) is 0 Å². The van der Waals surface area contributed by atoms with E-state index in [1.807, 2.05) is 6.92 Å². The van der Waals surface area contributed by atoms with Crippen molar-refractivity contribution in [3.63, 3.8) is 0 Å². The molecule has 1 aromatic carbocycles. The van der Waals surface area contributed by atoms with E-state index in [0.29, 0.717) is 17.5 Å². The smallest absolute Gasteiger partial charge is 0.437 e. The van der Waals surface area contributed by atoms with Crippen LogP contribution >= 0.6 is 0 Å². The normalized spacial score (nSPS) is 15.1. The fraction of sp³-hybridized carbons (Fsp3) is 0.615. The first-order chi connectivity index (χ1) is 17.0. The van der Waals surface area contributed by atoms with E-state index < -0.39 is 23.4 Å². The third kappa shape index (κ3) is 8.91. The molecule has 1 aliphatic heterocycles. The maximum absolute atomic E-state index is 14.8. The molecule has 4 amide bonds. The topological polar surface area (TPSA) is 95.0 Å². The number of carbonyl (C=O) groups is 3. The van der Waals surface area contributed by atoms with E-state index in [0.717, 1.165) is 6.42 Å². The van der Waals surface area contributed by atoms with Crippen LogP contribution in [0.2, 0.25) is 0 Å². The van der Waals surface area contributed by atoms with Gasteiger partial charge in [-0.2, -0.15) is 0 Å². The lowest BCUT2D eigenvalue weighted by molar-refractivity contribution is 0.0300. The Hall–Kier alpha value is -3.37. The van der Waals surface area contributed by atoms with Gasteiger partial charge in [-0.25, -0.2) is 23.7 Å². The van der Waals surface area contributed by atoms with Crippen LogP contribution in [0.4, 0.5) is 18.8 Å². The van der Waals surface area contributed by atoms with Gasteiger partial charge in [0.1, 0.15) is 17.0 Å². The van der Waals surface area contributed by atoms with Crippen LogP contribution in [0.1, 0.15) is 66.0 Å². The molecule has 0 radical (unpaired) electrons. The molecule has 1 heterocycles. The van der Waals surface area contributed by atoms with Gasteiger partial charge in [0, 0.05) is 14.1 Å². The first-order valence-corrected chi connectivity index (χ1v) is 12.3. The molecule has 0 aromatic heterocycles. The van der Waals surface area contributed by atoms with E-state index in [2.05, 4.69) is 4.99 Å². The molecule has 0 spiro atoms. The molecule has 1 aromatic rings. The van der Waals surface area contributed by atoms with E-state index >= 15 is 0 Å². The van der Waals surface area contributed by atoms with E-state index in [-0.39, 0.29) is 37.7 Å². The molecule has 0 bridgehead atoms. The van der Waals surface area contributed by atoms with Crippen LogP contribution in [0, 0.1) is 5.82 Å². The van der Waals surface area contributed by atoms with Crippen LogP contribution in [-0.4, -0.2) is 82.4 Å². The molecular formula is C26H40FN5O5. The molecule has 0 N–H and O–H groups in total.